The van der Waals surface area contributed by atoms with Crippen molar-refractivity contribution in [3.8, 4) is 5.69 Å². The summed E-state index contributed by atoms with van der Waals surface area (Å²) in [7, 11) is 0. The van der Waals surface area contributed by atoms with Crippen LogP contribution in [0.3, 0.4) is 0 Å². The molecule has 0 amide bonds. The molecule has 0 aliphatic rings. The molecule has 0 bridgehead atoms. The van der Waals surface area contributed by atoms with Crippen LogP contribution in [0.1, 0.15) is 17.0 Å². The summed E-state index contributed by atoms with van der Waals surface area (Å²) in [5, 5.41) is 15.8. The molecule has 0 atom stereocenters. The van der Waals surface area contributed by atoms with Crippen molar-refractivity contribution in [3.63, 3.8) is 0 Å². The molecule has 0 fully saturated rings. The first-order chi connectivity index (χ1) is 12.9. The predicted octanol–water partition coefficient (Wildman–Crippen LogP) is 5.15. The number of rotatable bonds is 5. The standard InChI is InChI=1S/C18H15Cl2N5O2/c1-11-7-13(9-22-23-18-6-4-15(10-21-18)25(26)27)12(2)24(11)14-3-5-16(19)17(20)8-14/h3-10H,1-2H3,(H,21,23)/b22-9-. The molecule has 0 saturated carbocycles. The number of hydrazone groups is 1. The van der Waals surface area contributed by atoms with Crippen LogP contribution in [0.5, 0.6) is 0 Å². The summed E-state index contributed by atoms with van der Waals surface area (Å²) in [5.74, 6) is 0.412. The number of nitrogens with one attached hydrogen (secondary N) is 1. The highest BCUT2D eigenvalue weighted by atomic mass is 35.5. The van der Waals surface area contributed by atoms with Crippen molar-refractivity contribution in [3.05, 3.63) is 79.7 Å². The van der Waals surface area contributed by atoms with Crippen LogP contribution >= 0.6 is 23.2 Å². The summed E-state index contributed by atoms with van der Waals surface area (Å²) in [6, 6.07) is 10.3. The van der Waals surface area contributed by atoms with Gasteiger partial charge in [0.25, 0.3) is 5.69 Å². The Morgan fingerprint density at radius 2 is 1.96 bits per heavy atom. The van der Waals surface area contributed by atoms with Gasteiger partial charge in [-0.3, -0.25) is 15.5 Å². The van der Waals surface area contributed by atoms with E-state index in [2.05, 4.69) is 15.5 Å². The third kappa shape index (κ3) is 4.10. The van der Waals surface area contributed by atoms with Crippen molar-refractivity contribution in [2.45, 2.75) is 13.8 Å². The van der Waals surface area contributed by atoms with Crippen molar-refractivity contribution in [2.24, 2.45) is 5.10 Å². The number of benzene rings is 1. The Bertz CT molecular complexity index is 1030. The number of hydrogen-bond donors (Lipinski definition) is 1. The van der Waals surface area contributed by atoms with E-state index in [0.717, 1.165) is 22.6 Å². The molecule has 2 heterocycles. The van der Waals surface area contributed by atoms with E-state index in [1.165, 1.54) is 18.3 Å². The molecule has 9 heteroatoms. The molecule has 1 N–H and O–H groups in total. The van der Waals surface area contributed by atoms with Gasteiger partial charge in [-0.25, -0.2) is 4.98 Å². The van der Waals surface area contributed by atoms with Crippen LogP contribution in [0, 0.1) is 24.0 Å². The second-order valence-corrected chi connectivity index (χ2v) is 6.60. The fraction of sp³-hybridized carbons (Fsp3) is 0.111. The lowest BCUT2D eigenvalue weighted by molar-refractivity contribution is -0.385. The van der Waals surface area contributed by atoms with Crippen LogP contribution in [0.2, 0.25) is 10.0 Å². The molecule has 3 rings (SSSR count). The van der Waals surface area contributed by atoms with Gasteiger partial charge >= 0.3 is 0 Å². The summed E-state index contributed by atoms with van der Waals surface area (Å²) in [6.07, 6.45) is 2.84. The second-order valence-electron chi connectivity index (χ2n) is 5.79. The van der Waals surface area contributed by atoms with Crippen LogP contribution in [0.25, 0.3) is 5.69 Å². The highest BCUT2D eigenvalue weighted by Gasteiger charge is 2.11. The molecule has 1 aromatic carbocycles. The molecule has 0 aliphatic carbocycles. The molecule has 0 spiro atoms. The number of pyridine rings is 1. The van der Waals surface area contributed by atoms with Gasteiger partial charge in [0.1, 0.15) is 12.0 Å². The van der Waals surface area contributed by atoms with Gasteiger partial charge in [0.05, 0.1) is 21.2 Å². The molecular formula is C18H15Cl2N5O2. The molecular weight excluding hydrogens is 389 g/mol. The summed E-state index contributed by atoms with van der Waals surface area (Å²) < 4.78 is 2.05. The molecule has 7 nitrogen and oxygen atoms in total. The first kappa shape index (κ1) is 18.9. The van der Waals surface area contributed by atoms with Gasteiger partial charge in [-0.1, -0.05) is 23.2 Å². The Balaban J connectivity index is 1.80. The normalized spacial score (nSPS) is 11.1. The van der Waals surface area contributed by atoms with Crippen molar-refractivity contribution < 1.29 is 4.92 Å². The van der Waals surface area contributed by atoms with Crippen molar-refractivity contribution in [2.75, 3.05) is 5.43 Å². The third-order valence-electron chi connectivity index (χ3n) is 3.97. The Hall–Kier alpha value is -2.90. The lowest BCUT2D eigenvalue weighted by Crippen LogP contribution is -2.00. The van der Waals surface area contributed by atoms with Gasteiger partial charge in [-0.05, 0) is 44.2 Å². The Morgan fingerprint density at radius 1 is 1.19 bits per heavy atom. The third-order valence-corrected chi connectivity index (χ3v) is 4.71. The maximum absolute atomic E-state index is 10.6. The quantitative estimate of drug-likeness (QED) is 0.362. The number of hydrogen-bond acceptors (Lipinski definition) is 5. The average Bonchev–Trinajstić information content (AvgIpc) is 2.92. The monoisotopic (exact) mass is 403 g/mol. The minimum absolute atomic E-state index is 0.0744. The SMILES string of the molecule is Cc1cc(/C=N\Nc2ccc([N+](=O)[O-])cn2)c(C)n1-c1ccc(Cl)c(Cl)c1. The lowest BCUT2D eigenvalue weighted by Gasteiger charge is -2.10. The highest BCUT2D eigenvalue weighted by Crippen LogP contribution is 2.27. The topological polar surface area (TPSA) is 85.3 Å². The van der Waals surface area contributed by atoms with Crippen LogP contribution in [0.4, 0.5) is 11.5 Å². The molecule has 0 radical (unpaired) electrons. The van der Waals surface area contributed by atoms with Gasteiger partial charge in [0.2, 0.25) is 0 Å². The predicted molar refractivity (Wildman–Crippen MR) is 107 cm³/mol. The molecule has 3 aromatic rings. The largest absolute Gasteiger partial charge is 0.318 e. The smallest absolute Gasteiger partial charge is 0.287 e. The number of halogens is 2. The van der Waals surface area contributed by atoms with Crippen LogP contribution in [-0.4, -0.2) is 20.7 Å². The zero-order valence-electron chi connectivity index (χ0n) is 14.5. The Kier molecular flexibility index (Phi) is 5.43. The maximum atomic E-state index is 10.6. The first-order valence-corrected chi connectivity index (χ1v) is 8.66. The summed E-state index contributed by atoms with van der Waals surface area (Å²) in [5.41, 5.74) is 6.50. The van der Waals surface area contributed by atoms with E-state index in [-0.39, 0.29) is 5.69 Å². The first-order valence-electron chi connectivity index (χ1n) is 7.90. The van der Waals surface area contributed by atoms with Crippen molar-refractivity contribution in [1.29, 1.82) is 0 Å². The van der Waals surface area contributed by atoms with E-state index in [4.69, 9.17) is 23.2 Å². The minimum Gasteiger partial charge on any atom is -0.318 e. The highest BCUT2D eigenvalue weighted by molar-refractivity contribution is 6.42. The van der Waals surface area contributed by atoms with E-state index in [1.54, 1.807) is 12.3 Å². The zero-order chi connectivity index (χ0) is 19.6. The molecule has 138 valence electrons. The Labute approximate surface area is 165 Å². The number of aromatic nitrogens is 2. The van der Waals surface area contributed by atoms with Crippen LogP contribution < -0.4 is 5.43 Å². The number of anilines is 1. The van der Waals surface area contributed by atoms with Crippen LogP contribution in [0.15, 0.2) is 47.7 Å². The number of aryl methyl sites for hydroxylation is 1. The molecule has 27 heavy (non-hydrogen) atoms. The van der Waals surface area contributed by atoms with E-state index < -0.39 is 4.92 Å². The van der Waals surface area contributed by atoms with Gasteiger partial charge in [0.15, 0.2) is 0 Å². The molecule has 0 aliphatic heterocycles. The summed E-state index contributed by atoms with van der Waals surface area (Å²) >= 11 is 12.1. The van der Waals surface area contributed by atoms with Crippen molar-refractivity contribution in [1.82, 2.24) is 9.55 Å². The van der Waals surface area contributed by atoms with Gasteiger partial charge in [-0.2, -0.15) is 5.10 Å². The van der Waals surface area contributed by atoms with Gasteiger partial charge in [-0.15, -0.1) is 0 Å². The molecule has 2 aromatic heterocycles. The molecule has 0 unspecified atom stereocenters. The van der Waals surface area contributed by atoms with E-state index >= 15 is 0 Å². The second kappa shape index (κ2) is 7.77. The van der Waals surface area contributed by atoms with Crippen molar-refractivity contribution >= 4 is 40.9 Å². The van der Waals surface area contributed by atoms with Gasteiger partial charge in [0, 0.05) is 28.7 Å². The fourth-order valence-electron chi connectivity index (χ4n) is 2.67. The zero-order valence-corrected chi connectivity index (χ0v) is 16.0. The minimum atomic E-state index is -0.502. The maximum Gasteiger partial charge on any atom is 0.287 e. The van der Waals surface area contributed by atoms with E-state index in [1.807, 2.05) is 36.6 Å². The molecule has 0 saturated heterocycles. The Morgan fingerprint density at radius 3 is 2.59 bits per heavy atom. The van der Waals surface area contributed by atoms with E-state index in [0.29, 0.717) is 15.9 Å². The fourth-order valence-corrected chi connectivity index (χ4v) is 2.96. The summed E-state index contributed by atoms with van der Waals surface area (Å²) in [6.45, 7) is 3.96. The summed E-state index contributed by atoms with van der Waals surface area (Å²) in [4.78, 5) is 14.1. The van der Waals surface area contributed by atoms with Gasteiger partial charge < -0.3 is 4.57 Å². The lowest BCUT2D eigenvalue weighted by atomic mass is 10.2. The van der Waals surface area contributed by atoms with Crippen LogP contribution in [-0.2, 0) is 0 Å². The number of nitrogens with zero attached hydrogens (tertiary/aromatic N) is 4. The number of nitro groups is 1. The van der Waals surface area contributed by atoms with E-state index in [9.17, 15) is 10.1 Å². The average molecular weight is 404 g/mol.